The number of piperidine rings is 1. The van der Waals surface area contributed by atoms with E-state index in [1.807, 2.05) is 4.90 Å². The molecule has 150 valence electrons. The van der Waals surface area contributed by atoms with Crippen molar-refractivity contribution in [1.29, 1.82) is 0 Å². The van der Waals surface area contributed by atoms with Gasteiger partial charge in [0.25, 0.3) is 0 Å². The van der Waals surface area contributed by atoms with Crippen LogP contribution in [0.2, 0.25) is 0 Å². The maximum Gasteiger partial charge on any atom is 0.416 e. The van der Waals surface area contributed by atoms with Gasteiger partial charge in [0.05, 0.1) is 24.1 Å². The van der Waals surface area contributed by atoms with Crippen LogP contribution >= 0.6 is 0 Å². The molecule has 2 aliphatic rings. The van der Waals surface area contributed by atoms with E-state index in [1.54, 1.807) is 0 Å². The Labute approximate surface area is 158 Å². The summed E-state index contributed by atoms with van der Waals surface area (Å²) in [5.74, 6) is 1.27. The third kappa shape index (κ3) is 4.53. The second kappa shape index (κ2) is 7.64. The minimum atomic E-state index is -4.35. The van der Waals surface area contributed by atoms with Gasteiger partial charge in [-0.2, -0.15) is 13.2 Å². The van der Waals surface area contributed by atoms with Crippen LogP contribution in [0.3, 0.4) is 0 Å². The standard InChI is InChI=1S/C21H28F3NO2/c1-15(26)13-16-5-7-20(8-6-16)9-11-25(12-10-20)18-14-17(21(22,23)24)3-4-19(18)27-2/h3-4,14,16,26H,1,5-13H2,2H3. The van der Waals surface area contributed by atoms with Crippen LogP contribution in [0.4, 0.5) is 18.9 Å². The molecule has 0 unspecified atom stereocenters. The molecule has 1 spiro atoms. The fraction of sp³-hybridized carbons (Fsp3) is 0.619. The van der Waals surface area contributed by atoms with Crippen molar-refractivity contribution in [3.63, 3.8) is 0 Å². The van der Waals surface area contributed by atoms with Crippen molar-refractivity contribution >= 4 is 5.69 Å². The lowest BCUT2D eigenvalue weighted by Crippen LogP contribution is -2.42. The third-order valence-electron chi connectivity index (χ3n) is 6.36. The molecule has 1 N–H and O–H groups in total. The summed E-state index contributed by atoms with van der Waals surface area (Å²) >= 11 is 0. The average Bonchev–Trinajstić information content (AvgIpc) is 2.63. The van der Waals surface area contributed by atoms with E-state index in [2.05, 4.69) is 6.58 Å². The summed E-state index contributed by atoms with van der Waals surface area (Å²) in [7, 11) is 1.49. The maximum atomic E-state index is 13.1. The van der Waals surface area contributed by atoms with Crippen LogP contribution in [0.25, 0.3) is 0 Å². The summed E-state index contributed by atoms with van der Waals surface area (Å²) in [5.41, 5.74) is 0.189. The molecule has 1 heterocycles. The van der Waals surface area contributed by atoms with E-state index in [0.717, 1.165) is 57.7 Å². The van der Waals surface area contributed by atoms with Crippen LogP contribution in [0, 0.1) is 11.3 Å². The molecule has 0 amide bonds. The fourth-order valence-electron chi connectivity index (χ4n) is 4.66. The Morgan fingerprint density at radius 1 is 1.22 bits per heavy atom. The summed E-state index contributed by atoms with van der Waals surface area (Å²) in [6.45, 7) is 5.08. The maximum absolute atomic E-state index is 13.1. The Balaban J connectivity index is 1.67. The van der Waals surface area contributed by atoms with Crippen LogP contribution in [0.5, 0.6) is 5.75 Å². The summed E-state index contributed by atoms with van der Waals surface area (Å²) in [6, 6.07) is 3.69. The molecular weight excluding hydrogens is 355 g/mol. The number of allylic oxidation sites excluding steroid dienone is 1. The molecule has 0 bridgehead atoms. The summed E-state index contributed by atoms with van der Waals surface area (Å²) in [6.07, 6.45) is 2.73. The zero-order chi connectivity index (χ0) is 19.7. The highest BCUT2D eigenvalue weighted by Crippen LogP contribution is 2.48. The molecule has 3 rings (SSSR count). The highest BCUT2D eigenvalue weighted by molar-refractivity contribution is 5.61. The van der Waals surface area contributed by atoms with Crippen molar-refractivity contribution in [2.45, 2.75) is 51.1 Å². The normalized spacial score (nSPS) is 20.7. The number of aliphatic hydroxyl groups is 1. The van der Waals surface area contributed by atoms with Gasteiger partial charge in [-0.05, 0) is 68.1 Å². The molecule has 1 aliphatic carbocycles. The zero-order valence-corrected chi connectivity index (χ0v) is 15.8. The molecule has 27 heavy (non-hydrogen) atoms. The number of ether oxygens (including phenoxy) is 1. The first kappa shape index (κ1) is 19.9. The van der Waals surface area contributed by atoms with Gasteiger partial charge in [-0.15, -0.1) is 0 Å². The number of anilines is 1. The van der Waals surface area contributed by atoms with Crippen LogP contribution in [-0.2, 0) is 6.18 Å². The lowest BCUT2D eigenvalue weighted by atomic mass is 9.65. The molecule has 0 radical (unpaired) electrons. The topological polar surface area (TPSA) is 32.7 Å². The highest BCUT2D eigenvalue weighted by atomic mass is 19.4. The predicted molar refractivity (Wildman–Crippen MR) is 100 cm³/mol. The first-order valence-electron chi connectivity index (χ1n) is 9.59. The molecule has 2 fully saturated rings. The third-order valence-corrected chi connectivity index (χ3v) is 6.36. The number of benzene rings is 1. The Hall–Kier alpha value is -1.85. The van der Waals surface area contributed by atoms with Gasteiger partial charge in [-0.3, -0.25) is 0 Å². The predicted octanol–water partition coefficient (Wildman–Crippen LogP) is 5.95. The van der Waals surface area contributed by atoms with E-state index in [4.69, 9.17) is 4.74 Å². The summed E-state index contributed by atoms with van der Waals surface area (Å²) in [4.78, 5) is 2.03. The van der Waals surface area contributed by atoms with Crippen molar-refractivity contribution in [2.75, 3.05) is 25.1 Å². The van der Waals surface area contributed by atoms with Crippen LogP contribution in [-0.4, -0.2) is 25.3 Å². The molecule has 0 aromatic heterocycles. The lowest BCUT2D eigenvalue weighted by Gasteiger charge is -2.46. The molecule has 1 aromatic rings. The zero-order valence-electron chi connectivity index (χ0n) is 15.8. The minimum absolute atomic E-state index is 0.266. The molecule has 3 nitrogen and oxygen atoms in total. The monoisotopic (exact) mass is 383 g/mol. The number of nitrogens with zero attached hydrogens (tertiary/aromatic N) is 1. The van der Waals surface area contributed by atoms with Crippen molar-refractivity contribution < 1.29 is 23.0 Å². The van der Waals surface area contributed by atoms with Crippen molar-refractivity contribution in [3.05, 3.63) is 36.1 Å². The van der Waals surface area contributed by atoms with E-state index in [0.29, 0.717) is 29.2 Å². The van der Waals surface area contributed by atoms with Gasteiger partial charge in [-0.1, -0.05) is 6.58 Å². The number of hydrogen-bond donors (Lipinski definition) is 1. The number of halogens is 3. The van der Waals surface area contributed by atoms with Crippen molar-refractivity contribution in [1.82, 2.24) is 0 Å². The first-order valence-corrected chi connectivity index (χ1v) is 9.59. The van der Waals surface area contributed by atoms with Crippen LogP contribution in [0.1, 0.15) is 50.5 Å². The lowest BCUT2D eigenvalue weighted by molar-refractivity contribution is -0.137. The van der Waals surface area contributed by atoms with Gasteiger partial charge in [0, 0.05) is 19.5 Å². The second-order valence-electron chi connectivity index (χ2n) is 8.09. The minimum Gasteiger partial charge on any atom is -0.513 e. The van der Waals surface area contributed by atoms with Crippen molar-refractivity contribution in [3.8, 4) is 5.75 Å². The van der Waals surface area contributed by atoms with Gasteiger partial charge in [0.15, 0.2) is 0 Å². The van der Waals surface area contributed by atoms with Crippen LogP contribution in [0.15, 0.2) is 30.5 Å². The van der Waals surface area contributed by atoms with E-state index in [9.17, 15) is 18.3 Å². The number of alkyl halides is 3. The van der Waals surface area contributed by atoms with Crippen LogP contribution < -0.4 is 9.64 Å². The summed E-state index contributed by atoms with van der Waals surface area (Å²) in [5, 5.41) is 9.40. The molecule has 0 atom stereocenters. The Morgan fingerprint density at radius 3 is 2.37 bits per heavy atom. The van der Waals surface area contributed by atoms with Gasteiger partial charge < -0.3 is 14.7 Å². The fourth-order valence-corrected chi connectivity index (χ4v) is 4.66. The number of rotatable bonds is 4. The molecular formula is C21H28F3NO2. The van der Waals surface area contributed by atoms with E-state index < -0.39 is 11.7 Å². The molecule has 1 saturated heterocycles. The highest BCUT2D eigenvalue weighted by Gasteiger charge is 2.39. The SMILES string of the molecule is C=C(O)CC1CCC2(CC1)CCN(c1cc(C(F)(F)F)ccc1OC)CC2. The van der Waals surface area contributed by atoms with E-state index in [-0.39, 0.29) is 5.76 Å². The van der Waals surface area contributed by atoms with Gasteiger partial charge in [-0.25, -0.2) is 0 Å². The molecule has 1 aliphatic heterocycles. The van der Waals surface area contributed by atoms with E-state index >= 15 is 0 Å². The van der Waals surface area contributed by atoms with E-state index in [1.165, 1.54) is 19.2 Å². The summed E-state index contributed by atoms with van der Waals surface area (Å²) < 4.78 is 44.6. The average molecular weight is 383 g/mol. The smallest absolute Gasteiger partial charge is 0.416 e. The largest absolute Gasteiger partial charge is 0.513 e. The Kier molecular flexibility index (Phi) is 5.63. The number of hydrogen-bond acceptors (Lipinski definition) is 3. The second-order valence-corrected chi connectivity index (χ2v) is 8.09. The van der Waals surface area contributed by atoms with Gasteiger partial charge >= 0.3 is 6.18 Å². The molecule has 1 aromatic carbocycles. The van der Waals surface area contributed by atoms with Gasteiger partial charge in [0.2, 0.25) is 0 Å². The quantitative estimate of drug-likeness (QED) is 0.652. The number of aliphatic hydroxyl groups excluding tert-OH is 1. The van der Waals surface area contributed by atoms with Gasteiger partial charge in [0.1, 0.15) is 5.75 Å². The molecule has 1 saturated carbocycles. The Morgan fingerprint density at radius 2 is 1.85 bits per heavy atom. The van der Waals surface area contributed by atoms with Crippen molar-refractivity contribution in [2.24, 2.45) is 11.3 Å². The Bertz CT molecular complexity index is 668. The first-order chi connectivity index (χ1) is 12.7. The molecule has 6 heteroatoms. The number of methoxy groups -OCH3 is 1.